The number of hydrogen-bond donors (Lipinski definition) is 2. The average Bonchev–Trinajstić information content (AvgIpc) is 3.09. The second kappa shape index (κ2) is 6.12. The van der Waals surface area contributed by atoms with Gasteiger partial charge in [0.15, 0.2) is 6.10 Å². The van der Waals surface area contributed by atoms with Gasteiger partial charge in [0, 0.05) is 25.0 Å². The summed E-state index contributed by atoms with van der Waals surface area (Å²) in [4.78, 5) is 14.2. The summed E-state index contributed by atoms with van der Waals surface area (Å²) in [6.45, 7) is 3.59. The molecule has 1 aromatic carbocycles. The lowest BCUT2D eigenvalue weighted by Gasteiger charge is -2.24. The van der Waals surface area contributed by atoms with E-state index in [4.69, 9.17) is 0 Å². The van der Waals surface area contributed by atoms with Crippen molar-refractivity contribution in [3.05, 3.63) is 35.9 Å². The highest BCUT2D eigenvalue weighted by Crippen LogP contribution is 2.36. The van der Waals surface area contributed by atoms with Gasteiger partial charge in [-0.3, -0.25) is 4.79 Å². The number of carbonyl (C=O) groups excluding carboxylic acids is 1. The van der Waals surface area contributed by atoms with E-state index in [1.54, 1.807) is 12.1 Å². The fourth-order valence-corrected chi connectivity index (χ4v) is 3.22. The van der Waals surface area contributed by atoms with E-state index in [1.165, 1.54) is 0 Å². The van der Waals surface area contributed by atoms with Crippen LogP contribution in [0.5, 0.6) is 0 Å². The number of aliphatic hydroxyl groups is 1. The molecule has 4 nitrogen and oxygen atoms in total. The normalized spacial score (nSPS) is 26.6. The zero-order valence-electron chi connectivity index (χ0n) is 11.4. The second-order valence-corrected chi connectivity index (χ2v) is 5.75. The lowest BCUT2D eigenvalue weighted by molar-refractivity contribution is -0.139. The summed E-state index contributed by atoms with van der Waals surface area (Å²) in [5.41, 5.74) is 0.935. The van der Waals surface area contributed by atoms with Crippen LogP contribution in [-0.2, 0) is 4.79 Å². The van der Waals surface area contributed by atoms with Crippen LogP contribution in [0.3, 0.4) is 0 Å². The van der Waals surface area contributed by atoms with Crippen molar-refractivity contribution >= 4 is 18.3 Å². The van der Waals surface area contributed by atoms with Crippen molar-refractivity contribution in [2.45, 2.75) is 18.9 Å². The maximum absolute atomic E-state index is 12.3. The predicted octanol–water partition coefficient (Wildman–Crippen LogP) is 1.35. The Kier molecular flexibility index (Phi) is 4.68. The van der Waals surface area contributed by atoms with Gasteiger partial charge < -0.3 is 15.3 Å². The van der Waals surface area contributed by atoms with Gasteiger partial charge in [-0.2, -0.15) is 0 Å². The summed E-state index contributed by atoms with van der Waals surface area (Å²) in [5.74, 6) is -0.157. The Morgan fingerprint density at radius 1 is 1.30 bits per heavy atom. The van der Waals surface area contributed by atoms with E-state index in [0.29, 0.717) is 5.56 Å². The Bertz CT molecular complexity index is 460. The van der Waals surface area contributed by atoms with Crippen LogP contribution in [0.1, 0.15) is 24.5 Å². The van der Waals surface area contributed by atoms with E-state index in [2.05, 4.69) is 5.32 Å². The van der Waals surface area contributed by atoms with Gasteiger partial charge in [-0.1, -0.05) is 30.3 Å². The monoisotopic (exact) mass is 296 g/mol. The maximum atomic E-state index is 12.3. The fourth-order valence-electron chi connectivity index (χ4n) is 3.22. The molecule has 20 heavy (non-hydrogen) atoms. The molecule has 0 aromatic heterocycles. The first-order valence-electron chi connectivity index (χ1n) is 6.93. The largest absolute Gasteiger partial charge is 0.378 e. The van der Waals surface area contributed by atoms with Gasteiger partial charge in [0.2, 0.25) is 0 Å². The Morgan fingerprint density at radius 3 is 2.70 bits per heavy atom. The van der Waals surface area contributed by atoms with Crippen molar-refractivity contribution in [2.75, 3.05) is 26.2 Å². The molecule has 2 N–H and O–H groups in total. The lowest BCUT2D eigenvalue weighted by Crippen LogP contribution is -2.36. The highest BCUT2D eigenvalue weighted by molar-refractivity contribution is 5.85. The molecular formula is C15H21ClN2O2. The zero-order chi connectivity index (χ0) is 13.3. The first-order valence-corrected chi connectivity index (χ1v) is 6.93. The van der Waals surface area contributed by atoms with Crippen molar-refractivity contribution < 1.29 is 9.90 Å². The van der Waals surface area contributed by atoms with Crippen molar-refractivity contribution in [1.82, 2.24) is 10.2 Å². The number of hydrogen-bond acceptors (Lipinski definition) is 3. The first kappa shape index (κ1) is 15.3. The highest BCUT2D eigenvalue weighted by Gasteiger charge is 2.42. The minimum Gasteiger partial charge on any atom is -0.378 e. The van der Waals surface area contributed by atoms with Crippen LogP contribution in [0, 0.1) is 5.41 Å². The van der Waals surface area contributed by atoms with Crippen LogP contribution >= 0.6 is 12.4 Å². The molecular weight excluding hydrogens is 276 g/mol. The number of halogens is 1. The van der Waals surface area contributed by atoms with Gasteiger partial charge in [0.1, 0.15) is 0 Å². The molecule has 2 aliphatic rings. The predicted molar refractivity (Wildman–Crippen MR) is 79.8 cm³/mol. The fraction of sp³-hybridized carbons (Fsp3) is 0.533. The smallest absolute Gasteiger partial charge is 0.256 e. The van der Waals surface area contributed by atoms with Crippen molar-refractivity contribution in [1.29, 1.82) is 0 Å². The lowest BCUT2D eigenvalue weighted by atomic mass is 9.86. The van der Waals surface area contributed by atoms with Gasteiger partial charge in [-0.15, -0.1) is 12.4 Å². The van der Waals surface area contributed by atoms with E-state index in [-0.39, 0.29) is 23.7 Å². The third-order valence-corrected chi connectivity index (χ3v) is 4.43. The number of rotatable bonds is 2. The first-order chi connectivity index (χ1) is 9.20. The number of aliphatic hydroxyl groups excluding tert-OH is 1. The van der Waals surface area contributed by atoms with Gasteiger partial charge in [-0.05, 0) is 24.9 Å². The molecule has 0 saturated carbocycles. The average molecular weight is 297 g/mol. The molecule has 2 saturated heterocycles. The quantitative estimate of drug-likeness (QED) is 0.866. The SMILES string of the molecule is Cl.O=C(C(O)c1ccccc1)N1CCC2(CCNC2)C1. The molecule has 2 aliphatic heterocycles. The van der Waals surface area contributed by atoms with E-state index in [9.17, 15) is 9.90 Å². The maximum Gasteiger partial charge on any atom is 0.256 e. The molecule has 0 radical (unpaired) electrons. The Labute approximate surface area is 125 Å². The van der Waals surface area contributed by atoms with E-state index in [1.807, 2.05) is 23.1 Å². The van der Waals surface area contributed by atoms with Crippen molar-refractivity contribution in [3.63, 3.8) is 0 Å². The summed E-state index contributed by atoms with van der Waals surface area (Å²) in [7, 11) is 0. The van der Waals surface area contributed by atoms with Crippen LogP contribution in [0.2, 0.25) is 0 Å². The van der Waals surface area contributed by atoms with Crippen LogP contribution in [0.4, 0.5) is 0 Å². The van der Waals surface area contributed by atoms with E-state index >= 15 is 0 Å². The molecule has 0 aliphatic carbocycles. The zero-order valence-corrected chi connectivity index (χ0v) is 12.2. The van der Waals surface area contributed by atoms with Crippen LogP contribution in [0.15, 0.2) is 30.3 Å². The third-order valence-electron chi connectivity index (χ3n) is 4.43. The summed E-state index contributed by atoms with van der Waals surface area (Å²) >= 11 is 0. The van der Waals surface area contributed by atoms with Gasteiger partial charge in [0.25, 0.3) is 5.91 Å². The number of amides is 1. The van der Waals surface area contributed by atoms with Crippen molar-refractivity contribution in [2.24, 2.45) is 5.41 Å². The molecule has 0 bridgehead atoms. The minimum atomic E-state index is -1.02. The van der Waals surface area contributed by atoms with E-state index < -0.39 is 6.10 Å². The van der Waals surface area contributed by atoms with Crippen molar-refractivity contribution in [3.8, 4) is 0 Å². The van der Waals surface area contributed by atoms with Crippen LogP contribution < -0.4 is 5.32 Å². The van der Waals surface area contributed by atoms with Crippen LogP contribution in [-0.4, -0.2) is 42.1 Å². The summed E-state index contributed by atoms with van der Waals surface area (Å²) in [5, 5.41) is 13.5. The van der Waals surface area contributed by atoms with Gasteiger partial charge in [-0.25, -0.2) is 0 Å². The molecule has 1 aromatic rings. The topological polar surface area (TPSA) is 52.6 Å². The summed E-state index contributed by atoms with van der Waals surface area (Å²) in [6.07, 6.45) is 1.16. The number of nitrogens with zero attached hydrogens (tertiary/aromatic N) is 1. The third kappa shape index (κ3) is 2.82. The summed E-state index contributed by atoms with van der Waals surface area (Å²) in [6, 6.07) is 9.17. The number of benzene rings is 1. The van der Waals surface area contributed by atoms with E-state index in [0.717, 1.165) is 39.0 Å². The minimum absolute atomic E-state index is 0. The van der Waals surface area contributed by atoms with Crippen LogP contribution in [0.25, 0.3) is 0 Å². The Morgan fingerprint density at radius 2 is 2.05 bits per heavy atom. The number of carbonyl (C=O) groups is 1. The Hall–Kier alpha value is -1.10. The molecule has 1 amide bonds. The molecule has 3 rings (SSSR count). The number of nitrogens with one attached hydrogen (secondary N) is 1. The van der Waals surface area contributed by atoms with Gasteiger partial charge in [0.05, 0.1) is 0 Å². The molecule has 1 spiro atoms. The number of likely N-dealkylation sites (tertiary alicyclic amines) is 1. The second-order valence-electron chi connectivity index (χ2n) is 5.75. The molecule has 2 fully saturated rings. The molecule has 110 valence electrons. The van der Waals surface area contributed by atoms with Gasteiger partial charge >= 0.3 is 0 Å². The molecule has 2 unspecified atom stereocenters. The molecule has 5 heteroatoms. The highest BCUT2D eigenvalue weighted by atomic mass is 35.5. The molecule has 2 heterocycles. The standard InChI is InChI=1S/C15H20N2O2.ClH/c18-13(12-4-2-1-3-5-12)14(19)17-9-7-15(11-17)6-8-16-10-15;/h1-5,13,16,18H,6-11H2;1H. The molecule has 2 atom stereocenters. The Balaban J connectivity index is 0.00000147. The summed E-state index contributed by atoms with van der Waals surface area (Å²) < 4.78 is 0.